The first-order valence-corrected chi connectivity index (χ1v) is 12.2. The summed E-state index contributed by atoms with van der Waals surface area (Å²) in [7, 11) is 0. The van der Waals surface area contributed by atoms with E-state index >= 15 is 0 Å². The lowest BCUT2D eigenvalue weighted by Crippen LogP contribution is -2.51. The molecule has 0 aromatic heterocycles. The van der Waals surface area contributed by atoms with Gasteiger partial charge in [-0.1, -0.05) is 17.7 Å². The molecule has 31 heavy (non-hydrogen) atoms. The molecule has 1 unspecified atom stereocenters. The largest absolute Gasteiger partial charge is 0.385 e. The quantitative estimate of drug-likeness (QED) is 0.577. The number of aliphatic hydroxyl groups is 1. The van der Waals surface area contributed by atoms with Crippen molar-refractivity contribution in [1.29, 1.82) is 0 Å². The number of benzene rings is 1. The predicted molar refractivity (Wildman–Crippen MR) is 127 cm³/mol. The van der Waals surface area contributed by atoms with Gasteiger partial charge >= 0.3 is 0 Å². The van der Waals surface area contributed by atoms with Crippen molar-refractivity contribution >= 4 is 29.9 Å². The Kier molecular flexibility index (Phi) is 6.67. The van der Waals surface area contributed by atoms with Gasteiger partial charge in [0.2, 0.25) is 0 Å². The second kappa shape index (κ2) is 8.85. The molecule has 1 amide bonds. The average Bonchev–Trinajstić information content (AvgIpc) is 2.72. The van der Waals surface area contributed by atoms with Crippen LogP contribution in [0.1, 0.15) is 74.2 Å². The number of rotatable bonds is 5. The summed E-state index contributed by atoms with van der Waals surface area (Å²) in [6.45, 7) is 4.49. The van der Waals surface area contributed by atoms with Crippen LogP contribution in [0.5, 0.6) is 0 Å². The van der Waals surface area contributed by atoms with Gasteiger partial charge in [0.15, 0.2) is 0 Å². The molecule has 6 rings (SSSR count). The first kappa shape index (κ1) is 23.4. The molecular weight excluding hydrogens is 431 g/mol. The smallest absolute Gasteiger partial charge is 0.252 e. The summed E-state index contributed by atoms with van der Waals surface area (Å²) < 4.78 is 0. The number of carbonyl (C=O) groups excluding carboxylic acids is 1. The van der Waals surface area contributed by atoms with E-state index in [-0.39, 0.29) is 24.2 Å². The first-order chi connectivity index (χ1) is 14.3. The summed E-state index contributed by atoms with van der Waals surface area (Å²) >= 11 is 6.43. The van der Waals surface area contributed by atoms with Crippen LogP contribution in [0.4, 0.5) is 0 Å². The number of carbonyl (C=O) groups is 1. The molecule has 5 aliphatic rings. The van der Waals surface area contributed by atoms with Crippen molar-refractivity contribution in [2.45, 2.75) is 63.9 Å². The van der Waals surface area contributed by atoms with Crippen LogP contribution in [-0.2, 0) is 5.60 Å². The lowest BCUT2D eigenvalue weighted by Gasteiger charge is -2.56. The zero-order valence-corrected chi connectivity index (χ0v) is 20.0. The maximum absolute atomic E-state index is 13.1. The number of hydrogen-bond acceptors (Lipinski definition) is 3. The van der Waals surface area contributed by atoms with Crippen LogP contribution < -0.4 is 10.6 Å². The van der Waals surface area contributed by atoms with Crippen molar-refractivity contribution in [2.75, 3.05) is 19.6 Å². The van der Waals surface area contributed by atoms with Gasteiger partial charge in [-0.25, -0.2) is 0 Å². The molecule has 4 nitrogen and oxygen atoms in total. The zero-order chi connectivity index (χ0) is 20.9. The van der Waals surface area contributed by atoms with Gasteiger partial charge in [-0.05, 0) is 118 Å². The third-order valence-electron chi connectivity index (χ3n) is 8.72. The molecule has 1 atom stereocenters. The van der Waals surface area contributed by atoms with Crippen LogP contribution in [-0.4, -0.2) is 30.6 Å². The molecule has 4 bridgehead atoms. The van der Waals surface area contributed by atoms with Gasteiger partial charge in [-0.2, -0.15) is 0 Å². The highest BCUT2D eigenvalue weighted by atomic mass is 35.5. The summed E-state index contributed by atoms with van der Waals surface area (Å²) in [6.07, 6.45) is 9.92. The maximum Gasteiger partial charge on any atom is 0.252 e. The first-order valence-electron chi connectivity index (χ1n) is 11.9. The highest BCUT2D eigenvalue weighted by molar-refractivity contribution is 6.33. The Hall–Kier alpha value is -0.810. The minimum absolute atomic E-state index is 0. The van der Waals surface area contributed by atoms with Crippen LogP contribution in [0.25, 0.3) is 0 Å². The standard InChI is InChI=1S/C25H35ClN2O2.ClH/c1-24(30,19-4-6-27-7-5-19)20-2-3-22(26)21(11-20)23(29)28-15-25-12-16-8-17(13-25)10-18(9-16)14-25;/h2-3,11,16-19,27,30H,4-10,12-15H2,1H3,(H,28,29);1H. The number of nitrogens with one attached hydrogen (secondary N) is 2. The van der Waals surface area contributed by atoms with Crippen molar-refractivity contribution in [3.8, 4) is 0 Å². The summed E-state index contributed by atoms with van der Waals surface area (Å²) in [6, 6.07) is 5.46. The Morgan fingerprint density at radius 2 is 1.74 bits per heavy atom. The van der Waals surface area contributed by atoms with E-state index < -0.39 is 5.60 Å². The number of piperidine rings is 1. The van der Waals surface area contributed by atoms with E-state index in [1.54, 1.807) is 6.07 Å². The Bertz CT molecular complexity index is 784. The van der Waals surface area contributed by atoms with E-state index in [9.17, 15) is 9.90 Å². The van der Waals surface area contributed by atoms with E-state index in [2.05, 4.69) is 10.6 Å². The van der Waals surface area contributed by atoms with E-state index in [4.69, 9.17) is 11.6 Å². The molecule has 5 fully saturated rings. The third kappa shape index (κ3) is 4.51. The van der Waals surface area contributed by atoms with Gasteiger partial charge in [0.25, 0.3) is 5.91 Å². The van der Waals surface area contributed by atoms with Crippen LogP contribution in [0.2, 0.25) is 5.02 Å². The molecule has 1 saturated heterocycles. The number of halogens is 2. The van der Waals surface area contributed by atoms with Gasteiger partial charge in [0.05, 0.1) is 16.2 Å². The molecule has 1 aromatic rings. The summed E-state index contributed by atoms with van der Waals surface area (Å²) in [5.41, 5.74) is 0.628. The van der Waals surface area contributed by atoms with Crippen molar-refractivity contribution in [3.05, 3.63) is 34.3 Å². The fourth-order valence-electron chi connectivity index (χ4n) is 7.50. The van der Waals surface area contributed by atoms with E-state index in [0.29, 0.717) is 16.0 Å². The van der Waals surface area contributed by atoms with Gasteiger partial charge in [-0.3, -0.25) is 4.79 Å². The predicted octanol–water partition coefficient (Wildman–Crippen LogP) is 4.92. The normalized spacial score (nSPS) is 34.1. The SMILES string of the molecule is CC(O)(c1ccc(Cl)c(C(=O)NCC23CC4CC(CC(C4)C2)C3)c1)C1CCNCC1.Cl. The summed E-state index contributed by atoms with van der Waals surface area (Å²) in [5, 5.41) is 18.3. The van der Waals surface area contributed by atoms with Crippen molar-refractivity contribution < 1.29 is 9.90 Å². The lowest BCUT2D eigenvalue weighted by atomic mass is 9.49. The molecule has 1 aromatic carbocycles. The second-order valence-electron chi connectivity index (χ2n) is 11.0. The van der Waals surface area contributed by atoms with Crippen LogP contribution in [0.15, 0.2) is 18.2 Å². The molecule has 1 heterocycles. The minimum atomic E-state index is -0.957. The van der Waals surface area contributed by atoms with Crippen LogP contribution in [0.3, 0.4) is 0 Å². The molecule has 4 saturated carbocycles. The van der Waals surface area contributed by atoms with Gasteiger partial charge in [0.1, 0.15) is 0 Å². The van der Waals surface area contributed by atoms with E-state index in [1.165, 1.54) is 38.5 Å². The fourth-order valence-corrected chi connectivity index (χ4v) is 7.71. The maximum atomic E-state index is 13.1. The highest BCUT2D eigenvalue weighted by Crippen LogP contribution is 2.59. The zero-order valence-electron chi connectivity index (χ0n) is 18.5. The molecule has 4 aliphatic carbocycles. The molecule has 0 radical (unpaired) electrons. The fraction of sp³-hybridized carbons (Fsp3) is 0.720. The van der Waals surface area contributed by atoms with E-state index in [1.807, 2.05) is 19.1 Å². The minimum Gasteiger partial charge on any atom is -0.385 e. The molecular formula is C25H36Cl2N2O2. The third-order valence-corrected chi connectivity index (χ3v) is 9.05. The molecule has 3 N–H and O–H groups in total. The lowest BCUT2D eigenvalue weighted by molar-refractivity contribution is -0.0503. The van der Waals surface area contributed by atoms with Crippen LogP contribution >= 0.6 is 24.0 Å². The Morgan fingerprint density at radius 1 is 1.16 bits per heavy atom. The monoisotopic (exact) mass is 466 g/mol. The van der Waals surface area contributed by atoms with E-state index in [0.717, 1.165) is 55.8 Å². The van der Waals surface area contributed by atoms with Gasteiger partial charge in [-0.15, -0.1) is 12.4 Å². The van der Waals surface area contributed by atoms with Gasteiger partial charge in [0, 0.05) is 6.54 Å². The summed E-state index contributed by atoms with van der Waals surface area (Å²) in [5.74, 6) is 2.71. The van der Waals surface area contributed by atoms with Crippen molar-refractivity contribution in [3.63, 3.8) is 0 Å². The Labute approximate surface area is 197 Å². The second-order valence-corrected chi connectivity index (χ2v) is 11.4. The molecule has 6 heteroatoms. The van der Waals surface area contributed by atoms with Gasteiger partial charge < -0.3 is 15.7 Å². The number of amides is 1. The molecule has 172 valence electrons. The topological polar surface area (TPSA) is 61.4 Å². The Balaban J connectivity index is 0.00000231. The average molecular weight is 467 g/mol. The van der Waals surface area contributed by atoms with Crippen molar-refractivity contribution in [2.24, 2.45) is 29.1 Å². The Morgan fingerprint density at radius 3 is 2.32 bits per heavy atom. The highest BCUT2D eigenvalue weighted by Gasteiger charge is 2.50. The molecule has 0 spiro atoms. The summed E-state index contributed by atoms with van der Waals surface area (Å²) in [4.78, 5) is 13.1. The molecule has 1 aliphatic heterocycles. The number of hydrogen-bond donors (Lipinski definition) is 3. The van der Waals surface area contributed by atoms with Crippen LogP contribution in [0, 0.1) is 29.1 Å². The van der Waals surface area contributed by atoms with Crippen molar-refractivity contribution in [1.82, 2.24) is 10.6 Å².